The SMILES string of the molecule is CC(C)N(C(=O)COC(=O)C(NC(=O)c1ccco1)c1ccccc1)C(C)C. The molecule has 0 aliphatic carbocycles. The molecule has 7 heteroatoms. The molecule has 1 heterocycles. The van der Waals surface area contributed by atoms with Crippen molar-refractivity contribution < 1.29 is 23.5 Å². The van der Waals surface area contributed by atoms with Crippen LogP contribution in [0.3, 0.4) is 0 Å². The third kappa shape index (κ3) is 5.45. The fourth-order valence-corrected chi connectivity index (χ4v) is 3.00. The number of carbonyl (C=O) groups excluding carboxylic acids is 3. The van der Waals surface area contributed by atoms with Crippen LogP contribution in [0.4, 0.5) is 0 Å². The standard InChI is InChI=1S/C21H26N2O5/c1-14(2)23(15(3)4)18(24)13-28-21(26)19(16-9-6-5-7-10-16)22-20(25)17-11-8-12-27-17/h5-12,14-15,19H,13H2,1-4H3,(H,22,25). The maximum absolute atomic E-state index is 12.7. The zero-order valence-corrected chi connectivity index (χ0v) is 16.5. The molecule has 2 amide bonds. The van der Waals surface area contributed by atoms with Crippen molar-refractivity contribution in [2.45, 2.75) is 45.8 Å². The average molecular weight is 386 g/mol. The number of hydrogen-bond donors (Lipinski definition) is 1. The Kier molecular flexibility index (Phi) is 7.37. The molecule has 1 atom stereocenters. The molecule has 1 unspecified atom stereocenters. The van der Waals surface area contributed by atoms with Crippen LogP contribution in [-0.4, -0.2) is 41.4 Å². The Hall–Kier alpha value is -3.09. The van der Waals surface area contributed by atoms with E-state index in [0.717, 1.165) is 0 Å². The van der Waals surface area contributed by atoms with Crippen LogP contribution in [0.15, 0.2) is 53.1 Å². The van der Waals surface area contributed by atoms with Crippen molar-refractivity contribution in [1.82, 2.24) is 10.2 Å². The van der Waals surface area contributed by atoms with Crippen molar-refractivity contribution in [2.24, 2.45) is 0 Å². The lowest BCUT2D eigenvalue weighted by Crippen LogP contribution is -2.45. The highest BCUT2D eigenvalue weighted by Gasteiger charge is 2.28. The van der Waals surface area contributed by atoms with Gasteiger partial charge in [-0.3, -0.25) is 9.59 Å². The second-order valence-electron chi connectivity index (χ2n) is 6.89. The molecule has 2 aromatic rings. The van der Waals surface area contributed by atoms with Crippen molar-refractivity contribution in [1.29, 1.82) is 0 Å². The fraction of sp³-hybridized carbons (Fsp3) is 0.381. The summed E-state index contributed by atoms with van der Waals surface area (Å²) in [4.78, 5) is 39.1. The van der Waals surface area contributed by atoms with E-state index in [4.69, 9.17) is 9.15 Å². The van der Waals surface area contributed by atoms with Gasteiger partial charge in [0, 0.05) is 12.1 Å². The van der Waals surface area contributed by atoms with Gasteiger partial charge in [0.05, 0.1) is 6.26 Å². The summed E-state index contributed by atoms with van der Waals surface area (Å²) < 4.78 is 10.3. The van der Waals surface area contributed by atoms with E-state index in [0.29, 0.717) is 5.56 Å². The molecule has 0 radical (unpaired) electrons. The number of amides is 2. The molecule has 0 aliphatic rings. The van der Waals surface area contributed by atoms with Gasteiger partial charge in [0.15, 0.2) is 18.4 Å². The summed E-state index contributed by atoms with van der Waals surface area (Å²) in [5, 5.41) is 2.60. The topological polar surface area (TPSA) is 88.9 Å². The van der Waals surface area contributed by atoms with Gasteiger partial charge in [-0.1, -0.05) is 30.3 Å². The van der Waals surface area contributed by atoms with Gasteiger partial charge in [0.25, 0.3) is 11.8 Å². The molecule has 150 valence electrons. The molecule has 0 saturated heterocycles. The minimum absolute atomic E-state index is 0.0187. The molecule has 2 rings (SSSR count). The smallest absolute Gasteiger partial charge is 0.333 e. The van der Waals surface area contributed by atoms with Gasteiger partial charge in [0.1, 0.15) is 0 Å². The Morgan fingerprint density at radius 3 is 2.18 bits per heavy atom. The third-order valence-corrected chi connectivity index (χ3v) is 4.13. The van der Waals surface area contributed by atoms with E-state index in [-0.39, 0.29) is 23.8 Å². The molecule has 28 heavy (non-hydrogen) atoms. The van der Waals surface area contributed by atoms with Crippen LogP contribution in [0.2, 0.25) is 0 Å². The van der Waals surface area contributed by atoms with Crippen LogP contribution >= 0.6 is 0 Å². The first-order chi connectivity index (χ1) is 13.3. The summed E-state index contributed by atoms with van der Waals surface area (Å²) in [5.41, 5.74) is 0.546. The highest BCUT2D eigenvalue weighted by molar-refractivity contribution is 5.95. The predicted molar refractivity (Wildman–Crippen MR) is 103 cm³/mol. The Labute approximate surface area is 164 Å². The first-order valence-electron chi connectivity index (χ1n) is 9.18. The van der Waals surface area contributed by atoms with Crippen LogP contribution in [0.1, 0.15) is 49.9 Å². The van der Waals surface area contributed by atoms with Crippen molar-refractivity contribution in [3.8, 4) is 0 Å². The first kappa shape index (κ1) is 21.2. The summed E-state index contributed by atoms with van der Waals surface area (Å²) in [6.45, 7) is 7.20. The lowest BCUT2D eigenvalue weighted by molar-refractivity contribution is -0.155. The lowest BCUT2D eigenvalue weighted by Gasteiger charge is -2.30. The zero-order valence-electron chi connectivity index (χ0n) is 16.5. The number of nitrogens with one attached hydrogen (secondary N) is 1. The molecule has 0 spiro atoms. The molecular formula is C21H26N2O5. The van der Waals surface area contributed by atoms with Crippen molar-refractivity contribution in [3.63, 3.8) is 0 Å². The van der Waals surface area contributed by atoms with Gasteiger partial charge in [-0.25, -0.2) is 4.79 Å². The quantitative estimate of drug-likeness (QED) is 0.705. The summed E-state index contributed by atoms with van der Waals surface area (Å²) in [6, 6.07) is 10.7. The molecule has 0 aliphatic heterocycles. The molecule has 7 nitrogen and oxygen atoms in total. The number of furan rings is 1. The normalized spacial score (nSPS) is 11.9. The summed E-state index contributed by atoms with van der Waals surface area (Å²) in [5.74, 6) is -1.47. The molecule has 0 bridgehead atoms. The van der Waals surface area contributed by atoms with Crippen molar-refractivity contribution in [3.05, 3.63) is 60.1 Å². The summed E-state index contributed by atoms with van der Waals surface area (Å²) in [7, 11) is 0. The van der Waals surface area contributed by atoms with Gasteiger partial charge >= 0.3 is 5.97 Å². The maximum atomic E-state index is 12.7. The second-order valence-corrected chi connectivity index (χ2v) is 6.89. The van der Waals surface area contributed by atoms with E-state index in [1.54, 1.807) is 41.3 Å². The molecule has 0 fully saturated rings. The van der Waals surface area contributed by atoms with Gasteiger partial charge in [0.2, 0.25) is 0 Å². The minimum atomic E-state index is -1.06. The van der Waals surface area contributed by atoms with Crippen LogP contribution < -0.4 is 5.32 Å². The average Bonchev–Trinajstić information content (AvgIpc) is 3.19. The van der Waals surface area contributed by atoms with Crippen LogP contribution in [0.25, 0.3) is 0 Å². The molecule has 0 saturated carbocycles. The van der Waals surface area contributed by atoms with E-state index in [1.807, 2.05) is 27.7 Å². The van der Waals surface area contributed by atoms with E-state index in [1.165, 1.54) is 12.3 Å². The fourth-order valence-electron chi connectivity index (χ4n) is 3.00. The van der Waals surface area contributed by atoms with E-state index < -0.39 is 24.5 Å². The van der Waals surface area contributed by atoms with E-state index >= 15 is 0 Å². The Morgan fingerprint density at radius 2 is 1.64 bits per heavy atom. The number of benzene rings is 1. The summed E-state index contributed by atoms with van der Waals surface area (Å²) in [6.07, 6.45) is 1.37. The van der Waals surface area contributed by atoms with Crippen LogP contribution in [0, 0.1) is 0 Å². The number of hydrogen-bond acceptors (Lipinski definition) is 5. The number of carbonyl (C=O) groups is 3. The Morgan fingerprint density at radius 1 is 1.00 bits per heavy atom. The van der Waals surface area contributed by atoms with Gasteiger partial charge in [-0.15, -0.1) is 0 Å². The number of ether oxygens (including phenoxy) is 1. The van der Waals surface area contributed by atoms with E-state index in [9.17, 15) is 14.4 Å². The predicted octanol–water partition coefficient (Wildman–Crippen LogP) is 2.94. The summed E-state index contributed by atoms with van der Waals surface area (Å²) >= 11 is 0. The lowest BCUT2D eigenvalue weighted by atomic mass is 10.1. The number of nitrogens with zero attached hydrogens (tertiary/aromatic N) is 1. The first-order valence-corrected chi connectivity index (χ1v) is 9.18. The van der Waals surface area contributed by atoms with E-state index in [2.05, 4.69) is 5.32 Å². The van der Waals surface area contributed by atoms with Crippen LogP contribution in [-0.2, 0) is 14.3 Å². The Balaban J connectivity index is 2.11. The largest absolute Gasteiger partial charge is 0.459 e. The monoisotopic (exact) mass is 386 g/mol. The van der Waals surface area contributed by atoms with Crippen molar-refractivity contribution >= 4 is 17.8 Å². The Bertz CT molecular complexity index is 776. The highest BCUT2D eigenvalue weighted by atomic mass is 16.5. The maximum Gasteiger partial charge on any atom is 0.333 e. The third-order valence-electron chi connectivity index (χ3n) is 4.13. The molecule has 1 N–H and O–H groups in total. The number of esters is 1. The second kappa shape index (κ2) is 9.73. The molecular weight excluding hydrogens is 360 g/mol. The highest BCUT2D eigenvalue weighted by Crippen LogP contribution is 2.16. The van der Waals surface area contributed by atoms with Crippen LogP contribution in [0.5, 0.6) is 0 Å². The van der Waals surface area contributed by atoms with Crippen molar-refractivity contribution in [2.75, 3.05) is 6.61 Å². The zero-order chi connectivity index (χ0) is 20.7. The molecule has 1 aromatic carbocycles. The van der Waals surface area contributed by atoms with Gasteiger partial charge in [-0.05, 0) is 45.4 Å². The number of rotatable bonds is 8. The molecule has 1 aromatic heterocycles. The van der Waals surface area contributed by atoms with Gasteiger partial charge in [-0.2, -0.15) is 0 Å². The van der Waals surface area contributed by atoms with Gasteiger partial charge < -0.3 is 19.4 Å². The minimum Gasteiger partial charge on any atom is -0.459 e.